The molecule has 128 valence electrons. The second-order valence-corrected chi connectivity index (χ2v) is 5.57. The van der Waals surface area contributed by atoms with Crippen molar-refractivity contribution in [3.63, 3.8) is 0 Å². The molecule has 4 rings (SSSR count). The van der Waals surface area contributed by atoms with Gasteiger partial charge < -0.3 is 14.6 Å². The Morgan fingerprint density at radius 2 is 1.78 bits per heavy atom. The van der Waals surface area contributed by atoms with Crippen LogP contribution in [0.3, 0.4) is 0 Å². The minimum Gasteiger partial charge on any atom is -0.493 e. The predicted molar refractivity (Wildman–Crippen MR) is 98.8 cm³/mol. The topological polar surface area (TPSA) is 39.1 Å². The molecule has 0 aliphatic carbocycles. The first-order chi connectivity index (χ1) is 11.3. The van der Waals surface area contributed by atoms with E-state index >= 15 is 0 Å². The standard InChI is InChI=1S/C15H19N3O.2C2H6/c1-9-10(2)14-11(5-3-8-19-14)13-12(9)17-15-16-6-4-7-18(13)15;2*1-2/h3-8H2,1-2H3,(H,16,17);2*1-2H3. The van der Waals surface area contributed by atoms with Gasteiger partial charge in [0, 0.05) is 18.7 Å². The second-order valence-electron chi connectivity index (χ2n) is 5.57. The number of fused-ring (bicyclic) bond motifs is 5. The van der Waals surface area contributed by atoms with Gasteiger partial charge in [-0.2, -0.15) is 0 Å². The smallest absolute Gasteiger partial charge is 0.203 e. The highest BCUT2D eigenvalue weighted by Crippen LogP contribution is 2.39. The van der Waals surface area contributed by atoms with Crippen LogP contribution in [0.1, 0.15) is 57.2 Å². The lowest BCUT2D eigenvalue weighted by atomic mass is 9.97. The highest BCUT2D eigenvalue weighted by molar-refractivity contribution is 5.89. The van der Waals surface area contributed by atoms with Gasteiger partial charge in [-0.25, -0.2) is 4.98 Å². The predicted octanol–water partition coefficient (Wildman–Crippen LogP) is 4.85. The summed E-state index contributed by atoms with van der Waals surface area (Å²) in [4.78, 5) is 4.82. The van der Waals surface area contributed by atoms with Crippen LogP contribution >= 0.6 is 0 Å². The zero-order valence-corrected chi connectivity index (χ0v) is 15.5. The fraction of sp³-hybridized carbons (Fsp3) is 0.632. The van der Waals surface area contributed by atoms with Crippen LogP contribution in [-0.4, -0.2) is 22.7 Å². The van der Waals surface area contributed by atoms with Crippen LogP contribution < -0.4 is 10.1 Å². The van der Waals surface area contributed by atoms with E-state index in [1.807, 2.05) is 27.7 Å². The number of aryl methyl sites for hydroxylation is 3. The van der Waals surface area contributed by atoms with E-state index in [1.54, 1.807) is 0 Å². The maximum atomic E-state index is 5.94. The molecule has 2 aromatic rings. The number of nitrogens with zero attached hydrogens (tertiary/aromatic N) is 2. The average Bonchev–Trinajstić information content (AvgIpc) is 3.03. The number of imidazole rings is 1. The van der Waals surface area contributed by atoms with Gasteiger partial charge in [-0.05, 0) is 44.2 Å². The molecule has 0 atom stereocenters. The Bertz CT molecular complexity index is 673. The van der Waals surface area contributed by atoms with Gasteiger partial charge in [0.1, 0.15) is 5.75 Å². The molecule has 23 heavy (non-hydrogen) atoms. The Labute approximate surface area is 140 Å². The molecule has 0 radical (unpaired) electrons. The third kappa shape index (κ3) is 2.91. The first-order valence-electron chi connectivity index (χ1n) is 9.16. The van der Waals surface area contributed by atoms with Crippen molar-refractivity contribution in [2.75, 3.05) is 18.5 Å². The van der Waals surface area contributed by atoms with E-state index < -0.39 is 0 Å². The Morgan fingerprint density at radius 3 is 2.52 bits per heavy atom. The molecule has 0 bridgehead atoms. The molecule has 0 spiro atoms. The van der Waals surface area contributed by atoms with Gasteiger partial charge in [-0.15, -0.1) is 0 Å². The molecule has 0 amide bonds. The van der Waals surface area contributed by atoms with Crippen LogP contribution in [0.25, 0.3) is 11.0 Å². The van der Waals surface area contributed by atoms with Crippen LogP contribution in [0, 0.1) is 13.8 Å². The molecule has 4 nitrogen and oxygen atoms in total. The van der Waals surface area contributed by atoms with Crippen molar-refractivity contribution < 1.29 is 4.74 Å². The quantitative estimate of drug-likeness (QED) is 0.755. The fourth-order valence-electron chi connectivity index (χ4n) is 3.34. The molecule has 0 saturated heterocycles. The fourth-order valence-corrected chi connectivity index (χ4v) is 3.34. The first-order valence-corrected chi connectivity index (χ1v) is 9.16. The molecule has 0 unspecified atom stereocenters. The minimum atomic E-state index is 0.845. The third-order valence-electron chi connectivity index (χ3n) is 4.44. The molecule has 2 aliphatic heterocycles. The lowest BCUT2D eigenvalue weighted by Crippen LogP contribution is -2.18. The summed E-state index contributed by atoms with van der Waals surface area (Å²) in [6, 6.07) is 0. The summed E-state index contributed by atoms with van der Waals surface area (Å²) in [7, 11) is 0. The van der Waals surface area contributed by atoms with Crippen LogP contribution in [-0.2, 0) is 13.0 Å². The van der Waals surface area contributed by atoms with Gasteiger partial charge >= 0.3 is 0 Å². The average molecular weight is 317 g/mol. The number of benzene rings is 1. The zero-order valence-electron chi connectivity index (χ0n) is 15.5. The molecule has 4 heteroatoms. The van der Waals surface area contributed by atoms with Gasteiger partial charge in [-0.1, -0.05) is 27.7 Å². The highest BCUT2D eigenvalue weighted by atomic mass is 16.5. The minimum absolute atomic E-state index is 0.845. The summed E-state index contributed by atoms with van der Waals surface area (Å²) in [6.07, 6.45) is 3.39. The summed E-state index contributed by atoms with van der Waals surface area (Å²) in [5.41, 5.74) is 6.36. The number of hydrogen-bond donors (Lipinski definition) is 1. The molecule has 1 aromatic carbocycles. The SMILES string of the molecule is CC.CC.Cc1c2c(c3c(nc4n3CCCN4)c1C)CCCO2. The van der Waals surface area contributed by atoms with Crippen LogP contribution in [0.5, 0.6) is 5.75 Å². The van der Waals surface area contributed by atoms with Crippen molar-refractivity contribution in [1.29, 1.82) is 0 Å². The van der Waals surface area contributed by atoms with E-state index in [-0.39, 0.29) is 0 Å². The van der Waals surface area contributed by atoms with Crippen molar-refractivity contribution in [3.05, 3.63) is 16.7 Å². The van der Waals surface area contributed by atoms with Crippen LogP contribution in [0.15, 0.2) is 0 Å². The van der Waals surface area contributed by atoms with E-state index in [0.717, 1.165) is 49.8 Å². The zero-order chi connectivity index (χ0) is 17.0. The number of nitrogens with one attached hydrogen (secondary N) is 1. The summed E-state index contributed by atoms with van der Waals surface area (Å²) in [6.45, 7) is 15.3. The molecular weight excluding hydrogens is 286 g/mol. The Balaban J connectivity index is 0.000000448. The summed E-state index contributed by atoms with van der Waals surface area (Å²) >= 11 is 0. The third-order valence-corrected chi connectivity index (χ3v) is 4.44. The molecule has 1 aromatic heterocycles. The van der Waals surface area contributed by atoms with Gasteiger partial charge in [0.2, 0.25) is 5.95 Å². The number of rotatable bonds is 0. The molecule has 1 N–H and O–H groups in total. The van der Waals surface area contributed by atoms with E-state index in [2.05, 4.69) is 23.7 Å². The summed E-state index contributed by atoms with van der Waals surface area (Å²) < 4.78 is 8.29. The number of aromatic nitrogens is 2. The number of ether oxygens (including phenoxy) is 1. The first kappa shape index (κ1) is 17.6. The van der Waals surface area contributed by atoms with E-state index in [0.29, 0.717) is 0 Å². The Kier molecular flexibility index (Phi) is 5.91. The van der Waals surface area contributed by atoms with Gasteiger partial charge in [-0.3, -0.25) is 0 Å². The molecule has 0 fully saturated rings. The Morgan fingerprint density at radius 1 is 1.04 bits per heavy atom. The maximum Gasteiger partial charge on any atom is 0.203 e. The van der Waals surface area contributed by atoms with Gasteiger partial charge in [0.25, 0.3) is 0 Å². The highest BCUT2D eigenvalue weighted by Gasteiger charge is 2.25. The van der Waals surface area contributed by atoms with Crippen LogP contribution in [0.4, 0.5) is 5.95 Å². The number of anilines is 1. The molecule has 0 saturated carbocycles. The molecule has 3 heterocycles. The largest absolute Gasteiger partial charge is 0.493 e. The second kappa shape index (κ2) is 7.71. The number of hydrogen-bond acceptors (Lipinski definition) is 3. The van der Waals surface area contributed by atoms with Crippen molar-refractivity contribution in [1.82, 2.24) is 9.55 Å². The van der Waals surface area contributed by atoms with Gasteiger partial charge in [0.05, 0.1) is 17.6 Å². The van der Waals surface area contributed by atoms with E-state index in [9.17, 15) is 0 Å². The van der Waals surface area contributed by atoms with Gasteiger partial charge in [0.15, 0.2) is 0 Å². The monoisotopic (exact) mass is 317 g/mol. The van der Waals surface area contributed by atoms with E-state index in [4.69, 9.17) is 9.72 Å². The van der Waals surface area contributed by atoms with Crippen molar-refractivity contribution in [2.24, 2.45) is 0 Å². The maximum absolute atomic E-state index is 5.94. The summed E-state index contributed by atoms with van der Waals surface area (Å²) in [5, 5.41) is 3.42. The lowest BCUT2D eigenvalue weighted by Gasteiger charge is -2.23. The van der Waals surface area contributed by atoms with Crippen molar-refractivity contribution in [3.8, 4) is 5.75 Å². The molecular formula is C19H31N3O. The normalized spacial score (nSPS) is 15.0. The van der Waals surface area contributed by atoms with E-state index in [1.165, 1.54) is 28.6 Å². The lowest BCUT2D eigenvalue weighted by molar-refractivity contribution is 0.287. The van der Waals surface area contributed by atoms with Crippen molar-refractivity contribution >= 4 is 17.0 Å². The summed E-state index contributed by atoms with van der Waals surface area (Å²) in [5.74, 6) is 2.15. The van der Waals surface area contributed by atoms with Crippen LogP contribution in [0.2, 0.25) is 0 Å². The van der Waals surface area contributed by atoms with Crippen molar-refractivity contribution in [2.45, 2.75) is 67.3 Å². The molecule has 2 aliphatic rings. The Hall–Kier alpha value is -1.71.